The second-order valence-corrected chi connectivity index (χ2v) is 11.4. The second kappa shape index (κ2) is 14.1. The van der Waals surface area contributed by atoms with Gasteiger partial charge in [-0.1, -0.05) is 55.8 Å². The Morgan fingerprint density at radius 1 is 1.03 bits per heavy atom. The lowest BCUT2D eigenvalue weighted by atomic mass is 10.0. The summed E-state index contributed by atoms with van der Waals surface area (Å²) < 4.78 is 20.3. The number of rotatable bonds is 10. The maximum absolute atomic E-state index is 14.9. The number of nitrogens with one attached hydrogen (secondary N) is 1. The molecule has 1 saturated heterocycles. The van der Waals surface area contributed by atoms with Crippen LogP contribution in [-0.4, -0.2) is 84.2 Å². The number of halogens is 2. The Morgan fingerprint density at radius 2 is 1.64 bits per heavy atom. The van der Waals surface area contributed by atoms with Crippen LogP contribution in [0.25, 0.3) is 0 Å². The van der Waals surface area contributed by atoms with Crippen molar-refractivity contribution in [2.24, 2.45) is 0 Å². The average Bonchev–Trinajstić information content (AvgIpc) is 2.89. The minimum atomic E-state index is -0.786. The molecule has 0 aromatic heterocycles. The fourth-order valence-corrected chi connectivity index (χ4v) is 4.99. The summed E-state index contributed by atoms with van der Waals surface area (Å²) in [5, 5.41) is 3.39. The molecule has 1 aliphatic heterocycles. The molecule has 0 radical (unpaired) electrons. The van der Waals surface area contributed by atoms with Crippen molar-refractivity contribution in [3.05, 3.63) is 70.5 Å². The first-order valence-electron chi connectivity index (χ1n) is 13.7. The van der Waals surface area contributed by atoms with Crippen LogP contribution in [0.4, 0.5) is 9.18 Å². The summed E-state index contributed by atoms with van der Waals surface area (Å²) in [4.78, 5) is 32.6. The van der Waals surface area contributed by atoms with E-state index in [4.69, 9.17) is 16.3 Å². The van der Waals surface area contributed by atoms with E-state index in [0.29, 0.717) is 49.7 Å². The maximum Gasteiger partial charge on any atom is 0.408 e. The van der Waals surface area contributed by atoms with Gasteiger partial charge in [0.25, 0.3) is 0 Å². The largest absolute Gasteiger partial charge is 0.444 e. The van der Waals surface area contributed by atoms with Crippen LogP contribution < -0.4 is 5.32 Å². The molecule has 0 bridgehead atoms. The van der Waals surface area contributed by atoms with Gasteiger partial charge >= 0.3 is 6.09 Å². The van der Waals surface area contributed by atoms with Crippen LogP contribution in [0.3, 0.4) is 0 Å². The Labute approximate surface area is 237 Å². The number of carbonyl (C=O) groups is 2. The number of carbonyl (C=O) groups excluding carboxylic acids is 2. The van der Waals surface area contributed by atoms with E-state index in [2.05, 4.69) is 29.0 Å². The van der Waals surface area contributed by atoms with E-state index in [1.54, 1.807) is 43.9 Å². The zero-order chi connectivity index (χ0) is 28.6. The minimum Gasteiger partial charge on any atom is -0.444 e. The summed E-state index contributed by atoms with van der Waals surface area (Å²) in [5.41, 5.74) is 0.874. The van der Waals surface area contributed by atoms with E-state index in [1.165, 1.54) is 6.07 Å². The molecule has 0 spiro atoms. The first-order valence-corrected chi connectivity index (χ1v) is 14.1. The molecule has 1 fully saturated rings. The standard InChI is InChI=1S/C30H42ClFN4O3/c1-6-34(7-2)21-27(24-10-8-9-11-25(24)32)35-16-18-36(19-17-35)28(37)26(33-29(38)39-30(3,4)5)20-22-12-14-23(31)15-13-22/h8-15,26-27H,6-7,16-21H2,1-5H3,(H,33,38)/t26-,27?/m1/s1. The van der Waals surface area contributed by atoms with E-state index in [9.17, 15) is 14.0 Å². The summed E-state index contributed by atoms with van der Waals surface area (Å²) in [6.45, 7) is 14.2. The quantitative estimate of drug-likeness (QED) is 0.436. The highest BCUT2D eigenvalue weighted by Gasteiger charge is 2.33. The third-order valence-electron chi connectivity index (χ3n) is 7.00. The Kier molecular flexibility index (Phi) is 11.2. The van der Waals surface area contributed by atoms with Gasteiger partial charge in [-0.05, 0) is 57.6 Å². The molecule has 0 saturated carbocycles. The average molecular weight is 561 g/mol. The molecule has 1 heterocycles. The van der Waals surface area contributed by atoms with Gasteiger partial charge in [0, 0.05) is 49.7 Å². The highest BCUT2D eigenvalue weighted by atomic mass is 35.5. The Morgan fingerprint density at radius 3 is 2.21 bits per heavy atom. The van der Waals surface area contributed by atoms with Crippen LogP contribution in [0, 0.1) is 5.82 Å². The summed E-state index contributed by atoms with van der Waals surface area (Å²) in [6, 6.07) is 13.3. The molecule has 1 aliphatic rings. The Balaban J connectivity index is 1.74. The van der Waals surface area contributed by atoms with Crippen molar-refractivity contribution in [3.8, 4) is 0 Å². The molecule has 214 valence electrons. The molecule has 2 atom stereocenters. The van der Waals surface area contributed by atoms with Crippen LogP contribution in [0.15, 0.2) is 48.5 Å². The molecule has 0 aliphatic carbocycles. The van der Waals surface area contributed by atoms with Gasteiger partial charge in [0.05, 0.1) is 6.04 Å². The summed E-state index contributed by atoms with van der Waals surface area (Å²) in [7, 11) is 0. The number of hydrogen-bond acceptors (Lipinski definition) is 5. The van der Waals surface area contributed by atoms with Crippen LogP contribution in [0.5, 0.6) is 0 Å². The lowest BCUT2D eigenvalue weighted by molar-refractivity contribution is -0.135. The zero-order valence-corrected chi connectivity index (χ0v) is 24.5. The Hall–Kier alpha value is -2.68. The van der Waals surface area contributed by atoms with Crippen molar-refractivity contribution >= 4 is 23.6 Å². The third-order valence-corrected chi connectivity index (χ3v) is 7.25. The van der Waals surface area contributed by atoms with E-state index in [1.807, 2.05) is 24.3 Å². The van der Waals surface area contributed by atoms with Gasteiger partial charge in [0.2, 0.25) is 5.91 Å². The molecular formula is C30H42ClFN4O3. The van der Waals surface area contributed by atoms with E-state index in [-0.39, 0.29) is 17.8 Å². The highest BCUT2D eigenvalue weighted by Crippen LogP contribution is 2.26. The summed E-state index contributed by atoms with van der Waals surface area (Å²) in [5.74, 6) is -0.376. The maximum atomic E-state index is 14.9. The van der Waals surface area contributed by atoms with Gasteiger partial charge in [-0.25, -0.2) is 9.18 Å². The molecular weight excluding hydrogens is 519 g/mol. The van der Waals surface area contributed by atoms with Crippen molar-refractivity contribution < 1.29 is 18.7 Å². The molecule has 1 unspecified atom stereocenters. The van der Waals surface area contributed by atoms with Crippen LogP contribution in [0.2, 0.25) is 5.02 Å². The first kappa shape index (κ1) is 30.9. The number of likely N-dealkylation sites (N-methyl/N-ethyl adjacent to an activating group) is 1. The minimum absolute atomic E-state index is 0.117. The molecule has 2 aromatic rings. The van der Waals surface area contributed by atoms with Crippen molar-refractivity contribution in [1.82, 2.24) is 20.0 Å². The zero-order valence-electron chi connectivity index (χ0n) is 23.8. The molecule has 3 rings (SSSR count). The predicted molar refractivity (Wildman–Crippen MR) is 153 cm³/mol. The van der Waals surface area contributed by atoms with Crippen LogP contribution >= 0.6 is 11.6 Å². The summed E-state index contributed by atoms with van der Waals surface area (Å²) in [6.07, 6.45) is -0.317. The van der Waals surface area contributed by atoms with Gasteiger partial charge in [-0.3, -0.25) is 9.69 Å². The topological polar surface area (TPSA) is 65.1 Å². The number of hydrogen-bond donors (Lipinski definition) is 1. The van der Waals surface area contributed by atoms with Crippen molar-refractivity contribution in [2.45, 2.75) is 58.7 Å². The number of nitrogens with zero attached hydrogens (tertiary/aromatic N) is 3. The monoisotopic (exact) mass is 560 g/mol. The smallest absolute Gasteiger partial charge is 0.408 e. The van der Waals surface area contributed by atoms with E-state index >= 15 is 0 Å². The van der Waals surface area contributed by atoms with Gasteiger partial charge in [-0.2, -0.15) is 0 Å². The van der Waals surface area contributed by atoms with Crippen LogP contribution in [0.1, 0.15) is 51.8 Å². The molecule has 2 amide bonds. The lowest BCUT2D eigenvalue weighted by Gasteiger charge is -2.42. The fraction of sp³-hybridized carbons (Fsp3) is 0.533. The highest BCUT2D eigenvalue weighted by molar-refractivity contribution is 6.30. The van der Waals surface area contributed by atoms with E-state index in [0.717, 1.165) is 18.7 Å². The number of ether oxygens (including phenoxy) is 1. The predicted octanol–water partition coefficient (Wildman–Crippen LogP) is 5.14. The van der Waals surface area contributed by atoms with Crippen molar-refractivity contribution in [2.75, 3.05) is 45.8 Å². The molecule has 7 nitrogen and oxygen atoms in total. The molecule has 39 heavy (non-hydrogen) atoms. The second-order valence-electron chi connectivity index (χ2n) is 10.9. The molecule has 1 N–H and O–H groups in total. The first-order chi connectivity index (χ1) is 18.5. The van der Waals surface area contributed by atoms with Gasteiger partial charge in [0.1, 0.15) is 17.5 Å². The molecule has 2 aromatic carbocycles. The van der Waals surface area contributed by atoms with Crippen molar-refractivity contribution in [1.29, 1.82) is 0 Å². The van der Waals surface area contributed by atoms with Crippen molar-refractivity contribution in [3.63, 3.8) is 0 Å². The number of benzene rings is 2. The van der Waals surface area contributed by atoms with Gasteiger partial charge < -0.3 is 19.9 Å². The number of alkyl carbamates (subject to hydrolysis) is 1. The van der Waals surface area contributed by atoms with E-state index < -0.39 is 17.7 Å². The third kappa shape index (κ3) is 9.19. The van der Waals surface area contributed by atoms with Gasteiger partial charge in [0.15, 0.2) is 0 Å². The number of amides is 2. The SMILES string of the molecule is CCN(CC)CC(c1ccccc1F)N1CCN(C(=O)[C@@H](Cc2ccc(Cl)cc2)NC(=O)OC(C)(C)C)CC1. The normalized spacial score (nSPS) is 16.2. The van der Waals surface area contributed by atoms with Crippen LogP contribution in [-0.2, 0) is 16.0 Å². The van der Waals surface area contributed by atoms with Gasteiger partial charge in [-0.15, -0.1) is 0 Å². The fourth-order valence-electron chi connectivity index (χ4n) is 4.86. The summed E-state index contributed by atoms with van der Waals surface area (Å²) >= 11 is 6.04. The molecule has 9 heteroatoms. The number of piperazine rings is 1. The lowest BCUT2D eigenvalue weighted by Crippen LogP contribution is -2.57. The Bertz CT molecular complexity index is 1080.